The standard InChI is InChI=1S/C21H29N5O/c1-16-11-17(2)14-26(13-16)21(27)15-24-7-9-25(10-8-24)20-12-22-18-5-3-4-6-19(18)23-20/h3-6,12,16-17H,7-11,13-15H2,1-2H3. The molecule has 0 aliphatic carbocycles. The van der Waals surface area contributed by atoms with E-state index in [0.29, 0.717) is 18.4 Å². The normalized spacial score (nSPS) is 24.4. The Hall–Kier alpha value is -2.21. The van der Waals surface area contributed by atoms with E-state index < -0.39 is 0 Å². The van der Waals surface area contributed by atoms with Gasteiger partial charge in [0.2, 0.25) is 5.91 Å². The van der Waals surface area contributed by atoms with E-state index in [1.807, 2.05) is 30.5 Å². The van der Waals surface area contributed by atoms with E-state index in [1.165, 1.54) is 6.42 Å². The van der Waals surface area contributed by atoms with E-state index in [4.69, 9.17) is 4.98 Å². The van der Waals surface area contributed by atoms with Crippen molar-refractivity contribution in [3.05, 3.63) is 30.5 Å². The summed E-state index contributed by atoms with van der Waals surface area (Å²) in [4.78, 5) is 28.6. The highest BCUT2D eigenvalue weighted by Crippen LogP contribution is 2.21. The molecular weight excluding hydrogens is 338 g/mol. The van der Waals surface area contributed by atoms with E-state index >= 15 is 0 Å². The summed E-state index contributed by atoms with van der Waals surface area (Å²) in [5.74, 6) is 2.44. The quantitative estimate of drug-likeness (QED) is 0.833. The molecule has 3 heterocycles. The number of amides is 1. The molecule has 144 valence electrons. The van der Waals surface area contributed by atoms with E-state index in [1.54, 1.807) is 0 Å². The van der Waals surface area contributed by atoms with Crippen LogP contribution in [0.4, 0.5) is 5.82 Å². The minimum atomic E-state index is 0.285. The lowest BCUT2D eigenvalue weighted by Gasteiger charge is -2.38. The molecule has 4 rings (SSSR count). The number of para-hydroxylation sites is 2. The minimum Gasteiger partial charge on any atom is -0.353 e. The van der Waals surface area contributed by atoms with Crippen molar-refractivity contribution in [2.45, 2.75) is 20.3 Å². The van der Waals surface area contributed by atoms with Crippen LogP contribution in [0, 0.1) is 11.8 Å². The number of piperidine rings is 1. The minimum absolute atomic E-state index is 0.285. The van der Waals surface area contributed by atoms with Crippen molar-refractivity contribution in [2.24, 2.45) is 11.8 Å². The lowest BCUT2D eigenvalue weighted by Crippen LogP contribution is -2.52. The van der Waals surface area contributed by atoms with Crippen molar-refractivity contribution in [3.8, 4) is 0 Å². The predicted molar refractivity (Wildman–Crippen MR) is 108 cm³/mol. The summed E-state index contributed by atoms with van der Waals surface area (Å²) in [6, 6.07) is 7.96. The highest BCUT2D eigenvalue weighted by atomic mass is 16.2. The van der Waals surface area contributed by atoms with Crippen LogP contribution in [0.1, 0.15) is 20.3 Å². The van der Waals surface area contributed by atoms with E-state index in [0.717, 1.165) is 56.1 Å². The Morgan fingerprint density at radius 2 is 1.70 bits per heavy atom. The summed E-state index contributed by atoms with van der Waals surface area (Å²) in [6.45, 7) is 10.4. The van der Waals surface area contributed by atoms with E-state index in [-0.39, 0.29) is 5.91 Å². The second-order valence-corrected chi connectivity index (χ2v) is 8.22. The SMILES string of the molecule is CC1CC(C)CN(C(=O)CN2CCN(c3cnc4ccccc4n3)CC2)C1. The Kier molecular flexibility index (Phi) is 5.25. The Bertz CT molecular complexity index is 792. The second-order valence-electron chi connectivity index (χ2n) is 8.22. The van der Waals surface area contributed by atoms with Gasteiger partial charge in [-0.3, -0.25) is 14.7 Å². The lowest BCUT2D eigenvalue weighted by atomic mass is 9.92. The first-order chi connectivity index (χ1) is 13.1. The number of carbonyl (C=O) groups is 1. The van der Waals surface area contributed by atoms with Crippen molar-refractivity contribution in [1.82, 2.24) is 19.8 Å². The third-order valence-corrected chi connectivity index (χ3v) is 5.71. The number of hydrogen-bond acceptors (Lipinski definition) is 5. The van der Waals surface area contributed by atoms with Gasteiger partial charge in [0.15, 0.2) is 0 Å². The van der Waals surface area contributed by atoms with Gasteiger partial charge in [-0.05, 0) is 30.4 Å². The number of aromatic nitrogens is 2. The maximum Gasteiger partial charge on any atom is 0.236 e. The highest BCUT2D eigenvalue weighted by Gasteiger charge is 2.27. The van der Waals surface area contributed by atoms with Gasteiger partial charge in [0, 0.05) is 39.3 Å². The predicted octanol–water partition coefficient (Wildman–Crippen LogP) is 2.26. The molecule has 2 saturated heterocycles. The van der Waals surface area contributed by atoms with Crippen LogP contribution < -0.4 is 4.90 Å². The van der Waals surface area contributed by atoms with Gasteiger partial charge in [-0.15, -0.1) is 0 Å². The van der Waals surface area contributed by atoms with Gasteiger partial charge in [0.1, 0.15) is 5.82 Å². The third kappa shape index (κ3) is 4.21. The fraction of sp³-hybridized carbons (Fsp3) is 0.571. The van der Waals surface area contributed by atoms with Crippen molar-refractivity contribution < 1.29 is 4.79 Å². The number of piperazine rings is 1. The van der Waals surface area contributed by atoms with Gasteiger partial charge in [-0.2, -0.15) is 0 Å². The van der Waals surface area contributed by atoms with Crippen LogP contribution in [-0.2, 0) is 4.79 Å². The molecule has 6 heteroatoms. The van der Waals surface area contributed by atoms with Crippen LogP contribution in [0.25, 0.3) is 11.0 Å². The second kappa shape index (κ2) is 7.80. The molecule has 6 nitrogen and oxygen atoms in total. The van der Waals surface area contributed by atoms with Crippen LogP contribution in [0.3, 0.4) is 0 Å². The van der Waals surface area contributed by atoms with Gasteiger partial charge in [-0.25, -0.2) is 4.98 Å². The Labute approximate surface area is 161 Å². The van der Waals surface area contributed by atoms with Crippen LogP contribution in [-0.4, -0.2) is 71.5 Å². The zero-order valence-corrected chi connectivity index (χ0v) is 16.3. The summed E-state index contributed by atoms with van der Waals surface area (Å²) in [5, 5.41) is 0. The number of hydrogen-bond donors (Lipinski definition) is 0. The number of benzene rings is 1. The molecule has 1 aromatic carbocycles. The van der Waals surface area contributed by atoms with Gasteiger partial charge in [0.05, 0.1) is 23.8 Å². The van der Waals surface area contributed by atoms with Crippen molar-refractivity contribution in [2.75, 3.05) is 50.7 Å². The number of nitrogens with zero attached hydrogens (tertiary/aromatic N) is 5. The molecule has 2 aliphatic heterocycles. The molecule has 0 saturated carbocycles. The number of anilines is 1. The van der Waals surface area contributed by atoms with Crippen molar-refractivity contribution in [3.63, 3.8) is 0 Å². The van der Waals surface area contributed by atoms with E-state index in [2.05, 4.69) is 33.5 Å². The Balaban J connectivity index is 1.32. The highest BCUT2D eigenvalue weighted by molar-refractivity contribution is 5.78. The van der Waals surface area contributed by atoms with E-state index in [9.17, 15) is 4.79 Å². The molecule has 0 N–H and O–H groups in total. The largest absolute Gasteiger partial charge is 0.353 e. The average Bonchev–Trinajstić information content (AvgIpc) is 2.67. The summed E-state index contributed by atoms with van der Waals surface area (Å²) in [7, 11) is 0. The number of rotatable bonds is 3. The molecule has 2 fully saturated rings. The molecule has 1 amide bonds. The number of likely N-dealkylation sites (tertiary alicyclic amines) is 1. The van der Waals surface area contributed by atoms with Crippen molar-refractivity contribution >= 4 is 22.8 Å². The lowest BCUT2D eigenvalue weighted by molar-refractivity contribution is -0.135. The van der Waals surface area contributed by atoms with Crippen LogP contribution >= 0.6 is 0 Å². The summed E-state index contributed by atoms with van der Waals surface area (Å²) in [6.07, 6.45) is 3.09. The molecule has 2 aromatic rings. The zero-order chi connectivity index (χ0) is 18.8. The van der Waals surface area contributed by atoms with Crippen LogP contribution in [0.5, 0.6) is 0 Å². The van der Waals surface area contributed by atoms with Crippen molar-refractivity contribution in [1.29, 1.82) is 0 Å². The maximum atomic E-state index is 12.7. The first-order valence-corrected chi connectivity index (χ1v) is 10.1. The Morgan fingerprint density at radius 3 is 2.41 bits per heavy atom. The van der Waals surface area contributed by atoms with Crippen LogP contribution in [0.2, 0.25) is 0 Å². The number of fused-ring (bicyclic) bond motifs is 1. The maximum absolute atomic E-state index is 12.7. The number of carbonyl (C=O) groups excluding carboxylic acids is 1. The molecule has 2 unspecified atom stereocenters. The summed E-state index contributed by atoms with van der Waals surface area (Å²) in [5.41, 5.74) is 1.86. The van der Waals surface area contributed by atoms with Gasteiger partial charge in [-0.1, -0.05) is 26.0 Å². The molecule has 2 atom stereocenters. The monoisotopic (exact) mass is 367 g/mol. The van der Waals surface area contributed by atoms with Gasteiger partial charge in [0.25, 0.3) is 0 Å². The Morgan fingerprint density at radius 1 is 1.04 bits per heavy atom. The molecule has 0 bridgehead atoms. The summed E-state index contributed by atoms with van der Waals surface area (Å²) < 4.78 is 0. The fourth-order valence-corrected chi connectivity index (χ4v) is 4.39. The molecular formula is C21H29N5O. The molecule has 2 aliphatic rings. The van der Waals surface area contributed by atoms with Crippen LogP contribution in [0.15, 0.2) is 30.5 Å². The van der Waals surface area contributed by atoms with Gasteiger partial charge >= 0.3 is 0 Å². The fourth-order valence-electron chi connectivity index (χ4n) is 4.39. The molecule has 0 radical (unpaired) electrons. The third-order valence-electron chi connectivity index (χ3n) is 5.71. The zero-order valence-electron chi connectivity index (χ0n) is 16.3. The molecule has 1 aromatic heterocycles. The first-order valence-electron chi connectivity index (χ1n) is 10.1. The smallest absolute Gasteiger partial charge is 0.236 e. The topological polar surface area (TPSA) is 52.6 Å². The first kappa shape index (κ1) is 18.2. The molecule has 27 heavy (non-hydrogen) atoms. The van der Waals surface area contributed by atoms with Gasteiger partial charge < -0.3 is 9.80 Å². The summed E-state index contributed by atoms with van der Waals surface area (Å²) >= 11 is 0. The molecule has 0 spiro atoms. The average molecular weight is 367 g/mol.